The van der Waals surface area contributed by atoms with Crippen LogP contribution in [0.1, 0.15) is 49.9 Å². The highest BCUT2D eigenvalue weighted by atomic mass is 16.4. The number of rotatable bonds is 6. The minimum atomic E-state index is -0.812. The number of nitrogens with one attached hydrogen (secondary N) is 1. The van der Waals surface area contributed by atoms with Crippen molar-refractivity contribution in [1.82, 2.24) is 4.98 Å². The number of anilines is 1. The molecule has 1 aromatic rings. The second-order valence-corrected chi connectivity index (χ2v) is 5.60. The molecule has 0 aliphatic heterocycles. The second-order valence-electron chi connectivity index (χ2n) is 5.60. The van der Waals surface area contributed by atoms with Crippen molar-refractivity contribution in [3.05, 3.63) is 22.9 Å². The minimum Gasteiger partial charge on any atom is -0.481 e. The van der Waals surface area contributed by atoms with Gasteiger partial charge in [-0.3, -0.25) is 4.79 Å². The summed E-state index contributed by atoms with van der Waals surface area (Å²) in [7, 11) is 0. The molecular weight excluding hydrogens is 266 g/mol. The van der Waals surface area contributed by atoms with Gasteiger partial charge < -0.3 is 10.4 Å². The zero-order valence-electron chi connectivity index (χ0n) is 12.6. The van der Waals surface area contributed by atoms with Crippen molar-refractivity contribution >= 4 is 11.8 Å². The summed E-state index contributed by atoms with van der Waals surface area (Å²) in [4.78, 5) is 16.0. The van der Waals surface area contributed by atoms with Crippen LogP contribution in [-0.4, -0.2) is 22.6 Å². The van der Waals surface area contributed by atoms with Crippen LogP contribution in [0.3, 0.4) is 0 Å². The van der Waals surface area contributed by atoms with E-state index in [1.807, 2.05) is 19.9 Å². The van der Waals surface area contributed by atoms with E-state index in [9.17, 15) is 15.2 Å². The number of hydrogen-bond donors (Lipinski definition) is 2. The lowest BCUT2D eigenvalue weighted by Gasteiger charge is -2.27. The van der Waals surface area contributed by atoms with Crippen molar-refractivity contribution in [2.45, 2.75) is 46.0 Å². The van der Waals surface area contributed by atoms with Crippen LogP contribution < -0.4 is 5.32 Å². The first kappa shape index (κ1) is 15.3. The van der Waals surface area contributed by atoms with Gasteiger partial charge in [0, 0.05) is 12.2 Å². The molecule has 0 amide bonds. The molecule has 1 aliphatic rings. The number of fused-ring (bicyclic) bond motifs is 1. The van der Waals surface area contributed by atoms with E-state index in [0.29, 0.717) is 24.2 Å². The summed E-state index contributed by atoms with van der Waals surface area (Å²) >= 11 is 0. The van der Waals surface area contributed by atoms with Crippen LogP contribution in [0.15, 0.2) is 6.07 Å². The average molecular weight is 287 g/mol. The molecule has 0 atom stereocenters. The highest BCUT2D eigenvalue weighted by Gasteiger charge is 2.35. The average Bonchev–Trinajstić information content (AvgIpc) is 2.94. The zero-order valence-corrected chi connectivity index (χ0v) is 12.6. The SMILES string of the molecule is CCC(CC)(CNc1nc2c(cc1C#N)CCC2)C(=O)O. The Hall–Kier alpha value is -2.09. The number of carboxylic acids is 1. The lowest BCUT2D eigenvalue weighted by molar-refractivity contribution is -0.148. The largest absolute Gasteiger partial charge is 0.481 e. The first-order chi connectivity index (χ1) is 10.1. The predicted molar refractivity (Wildman–Crippen MR) is 80.1 cm³/mol. The molecule has 0 fully saturated rings. The van der Waals surface area contributed by atoms with Gasteiger partial charge in [0.15, 0.2) is 0 Å². The molecule has 1 heterocycles. The molecule has 2 rings (SSSR count). The van der Waals surface area contributed by atoms with Gasteiger partial charge in [-0.2, -0.15) is 5.26 Å². The molecule has 1 aromatic heterocycles. The maximum atomic E-state index is 11.5. The minimum absolute atomic E-state index is 0.288. The van der Waals surface area contributed by atoms with E-state index in [0.717, 1.165) is 30.5 Å². The van der Waals surface area contributed by atoms with E-state index in [-0.39, 0.29) is 6.54 Å². The molecule has 0 spiro atoms. The van der Waals surface area contributed by atoms with Gasteiger partial charge in [0.05, 0.1) is 11.0 Å². The lowest BCUT2D eigenvalue weighted by atomic mass is 9.82. The summed E-state index contributed by atoms with van der Waals surface area (Å²) in [6.45, 7) is 4.04. The highest BCUT2D eigenvalue weighted by Crippen LogP contribution is 2.29. The Morgan fingerprint density at radius 1 is 1.48 bits per heavy atom. The summed E-state index contributed by atoms with van der Waals surface area (Å²) in [5, 5.41) is 21.8. The Labute approximate surface area is 125 Å². The number of aryl methyl sites for hydroxylation is 2. The molecule has 0 bridgehead atoms. The maximum absolute atomic E-state index is 11.5. The van der Waals surface area contributed by atoms with Gasteiger partial charge in [0.25, 0.3) is 0 Å². The Kier molecular flexibility index (Phi) is 4.46. The monoisotopic (exact) mass is 287 g/mol. The third kappa shape index (κ3) is 2.85. The number of pyridine rings is 1. The predicted octanol–water partition coefficient (Wildman–Crippen LogP) is 2.74. The summed E-state index contributed by atoms with van der Waals surface area (Å²) in [6, 6.07) is 4.04. The molecule has 0 aromatic carbocycles. The maximum Gasteiger partial charge on any atom is 0.311 e. The van der Waals surface area contributed by atoms with Crippen molar-refractivity contribution in [3.63, 3.8) is 0 Å². The fourth-order valence-electron chi connectivity index (χ4n) is 2.82. The van der Waals surface area contributed by atoms with Crippen molar-refractivity contribution in [2.75, 3.05) is 11.9 Å². The normalized spacial score (nSPS) is 13.6. The van der Waals surface area contributed by atoms with Gasteiger partial charge in [0.2, 0.25) is 0 Å². The first-order valence-electron chi connectivity index (χ1n) is 7.46. The zero-order chi connectivity index (χ0) is 15.5. The van der Waals surface area contributed by atoms with E-state index in [4.69, 9.17) is 0 Å². The van der Waals surface area contributed by atoms with E-state index in [2.05, 4.69) is 16.4 Å². The van der Waals surface area contributed by atoms with Crippen molar-refractivity contribution in [2.24, 2.45) is 5.41 Å². The Morgan fingerprint density at radius 2 is 2.19 bits per heavy atom. The summed E-state index contributed by atoms with van der Waals surface area (Å²) in [6.07, 6.45) is 4.05. The third-order valence-electron chi connectivity index (χ3n) is 4.57. The Morgan fingerprint density at radius 3 is 2.76 bits per heavy atom. The van der Waals surface area contributed by atoms with Gasteiger partial charge in [-0.1, -0.05) is 13.8 Å². The summed E-state index contributed by atoms with van der Waals surface area (Å²) in [5.41, 5.74) is 1.87. The smallest absolute Gasteiger partial charge is 0.311 e. The standard InChI is InChI=1S/C16H21N3O2/c1-3-16(4-2,15(20)21)10-18-14-12(9-17)8-11-6-5-7-13(11)19-14/h8H,3-7,10H2,1-2H3,(H,18,19)(H,20,21). The molecule has 0 saturated heterocycles. The van der Waals surface area contributed by atoms with Gasteiger partial charge >= 0.3 is 5.97 Å². The van der Waals surface area contributed by atoms with Crippen LogP contribution in [-0.2, 0) is 17.6 Å². The number of hydrogen-bond acceptors (Lipinski definition) is 4. The van der Waals surface area contributed by atoms with Crippen LogP contribution in [0.2, 0.25) is 0 Å². The molecule has 2 N–H and O–H groups in total. The molecule has 5 nitrogen and oxygen atoms in total. The number of aromatic nitrogens is 1. The van der Waals surface area contributed by atoms with Gasteiger partial charge in [-0.25, -0.2) is 4.98 Å². The first-order valence-corrected chi connectivity index (χ1v) is 7.46. The molecule has 21 heavy (non-hydrogen) atoms. The van der Waals surface area contributed by atoms with Crippen molar-refractivity contribution < 1.29 is 9.90 Å². The van der Waals surface area contributed by atoms with Gasteiger partial charge in [-0.05, 0) is 43.7 Å². The molecule has 0 radical (unpaired) electrons. The van der Waals surface area contributed by atoms with E-state index in [1.165, 1.54) is 0 Å². The molecular formula is C16H21N3O2. The Bertz CT molecular complexity index is 586. The number of carbonyl (C=O) groups is 1. The quantitative estimate of drug-likeness (QED) is 0.840. The van der Waals surface area contributed by atoms with Crippen LogP contribution in [0.5, 0.6) is 0 Å². The molecule has 0 unspecified atom stereocenters. The molecule has 0 saturated carbocycles. The topological polar surface area (TPSA) is 86.0 Å². The third-order valence-corrected chi connectivity index (χ3v) is 4.57. The number of nitriles is 1. The van der Waals surface area contributed by atoms with E-state index < -0.39 is 11.4 Å². The fraction of sp³-hybridized carbons (Fsp3) is 0.562. The van der Waals surface area contributed by atoms with Gasteiger partial charge in [-0.15, -0.1) is 0 Å². The fourth-order valence-corrected chi connectivity index (χ4v) is 2.82. The number of carboxylic acid groups (broad SMARTS) is 1. The van der Waals surface area contributed by atoms with Gasteiger partial charge in [0.1, 0.15) is 11.9 Å². The van der Waals surface area contributed by atoms with E-state index in [1.54, 1.807) is 0 Å². The molecule has 1 aliphatic carbocycles. The van der Waals surface area contributed by atoms with E-state index >= 15 is 0 Å². The van der Waals surface area contributed by atoms with Crippen LogP contribution in [0, 0.1) is 16.7 Å². The molecule has 112 valence electrons. The molecule has 5 heteroatoms. The Balaban J connectivity index is 2.24. The van der Waals surface area contributed by atoms with Crippen molar-refractivity contribution in [1.29, 1.82) is 5.26 Å². The van der Waals surface area contributed by atoms with Crippen LogP contribution in [0.25, 0.3) is 0 Å². The van der Waals surface area contributed by atoms with Crippen molar-refractivity contribution in [3.8, 4) is 6.07 Å². The van der Waals surface area contributed by atoms with Crippen LogP contribution in [0.4, 0.5) is 5.82 Å². The highest BCUT2D eigenvalue weighted by molar-refractivity contribution is 5.75. The summed E-state index contributed by atoms with van der Waals surface area (Å²) in [5.74, 6) is -0.287. The number of aliphatic carboxylic acids is 1. The van der Waals surface area contributed by atoms with Crippen LogP contribution >= 0.6 is 0 Å². The summed E-state index contributed by atoms with van der Waals surface area (Å²) < 4.78 is 0. The lowest BCUT2D eigenvalue weighted by Crippen LogP contribution is -2.37. The second kappa shape index (κ2) is 6.13. The number of nitrogens with zero attached hydrogens (tertiary/aromatic N) is 2.